The van der Waals surface area contributed by atoms with Crippen LogP contribution in [0, 0.1) is 12.7 Å². The van der Waals surface area contributed by atoms with Crippen LogP contribution in [0.15, 0.2) is 52.2 Å². The van der Waals surface area contributed by atoms with Crippen LogP contribution >= 0.6 is 0 Å². The first kappa shape index (κ1) is 25.5. The Bertz CT molecular complexity index is 1530. The van der Waals surface area contributed by atoms with E-state index < -0.39 is 53.3 Å². The summed E-state index contributed by atoms with van der Waals surface area (Å²) < 4.78 is 60.6. The second-order valence-electron chi connectivity index (χ2n) is 8.01. The standard InChI is InChI=1S/C23H18F4N4O6/c1-12-13(3-2-4-15(12)23(25,26)27)10-31-19(32)18(37-22(35)36)11-30(21(31)34)14-5-6-17(16(24)9-14)29-8-7-28-20(29)33/h2-6,9,11H,7-8,10H2,1H3,(H,28,33)(H,35,36). The quantitative estimate of drug-likeness (QED) is 0.392. The maximum absolute atomic E-state index is 14.9. The van der Waals surface area contributed by atoms with Crippen LogP contribution in [0.1, 0.15) is 16.7 Å². The topological polar surface area (TPSA) is 123 Å². The van der Waals surface area contributed by atoms with Crippen LogP contribution in [-0.4, -0.2) is 39.5 Å². The van der Waals surface area contributed by atoms with Gasteiger partial charge < -0.3 is 15.2 Å². The van der Waals surface area contributed by atoms with E-state index in [0.717, 1.165) is 33.9 Å². The Balaban J connectivity index is 1.85. The van der Waals surface area contributed by atoms with Crippen LogP contribution in [0.5, 0.6) is 5.75 Å². The molecule has 1 aromatic heterocycles. The van der Waals surface area contributed by atoms with Gasteiger partial charge in [-0.05, 0) is 36.2 Å². The lowest BCUT2D eigenvalue weighted by Crippen LogP contribution is -2.40. The highest BCUT2D eigenvalue weighted by Crippen LogP contribution is 2.33. The zero-order chi connectivity index (χ0) is 27.1. The van der Waals surface area contributed by atoms with Crippen LogP contribution in [0.25, 0.3) is 5.69 Å². The summed E-state index contributed by atoms with van der Waals surface area (Å²) in [7, 11) is 0. The highest BCUT2D eigenvalue weighted by molar-refractivity contribution is 5.94. The largest absolute Gasteiger partial charge is 0.511 e. The SMILES string of the molecule is Cc1c(Cn2c(=O)c(OC(=O)O)cn(-c3ccc(N4CCNC4=O)c(F)c3)c2=O)cccc1C(F)(F)F. The predicted octanol–water partition coefficient (Wildman–Crippen LogP) is 3.10. The number of halogens is 4. The molecule has 2 aromatic carbocycles. The zero-order valence-electron chi connectivity index (χ0n) is 19.0. The molecule has 194 valence electrons. The zero-order valence-corrected chi connectivity index (χ0v) is 19.0. The third-order valence-electron chi connectivity index (χ3n) is 5.77. The van der Waals surface area contributed by atoms with E-state index in [0.29, 0.717) is 11.1 Å². The fourth-order valence-electron chi connectivity index (χ4n) is 3.96. The Morgan fingerprint density at radius 3 is 2.49 bits per heavy atom. The molecule has 0 bridgehead atoms. The van der Waals surface area contributed by atoms with Gasteiger partial charge in [0.2, 0.25) is 5.75 Å². The molecule has 0 saturated carbocycles. The number of carboxylic acid groups (broad SMARTS) is 1. The first-order chi connectivity index (χ1) is 17.4. The second kappa shape index (κ2) is 9.44. The molecule has 1 fully saturated rings. The summed E-state index contributed by atoms with van der Waals surface area (Å²) in [6, 6.07) is 6.06. The molecule has 4 rings (SSSR count). The highest BCUT2D eigenvalue weighted by Gasteiger charge is 2.33. The third-order valence-corrected chi connectivity index (χ3v) is 5.77. The van der Waals surface area contributed by atoms with Crippen molar-refractivity contribution in [2.75, 3.05) is 18.0 Å². The molecule has 3 aromatic rings. The van der Waals surface area contributed by atoms with Gasteiger partial charge in [-0.3, -0.25) is 18.8 Å². The van der Waals surface area contributed by atoms with Gasteiger partial charge in [0.25, 0.3) is 5.56 Å². The van der Waals surface area contributed by atoms with Crippen LogP contribution in [0.2, 0.25) is 0 Å². The number of aromatic nitrogens is 2. The minimum Gasteiger partial charge on any atom is -0.449 e. The van der Waals surface area contributed by atoms with Gasteiger partial charge in [0.15, 0.2) is 0 Å². The van der Waals surface area contributed by atoms with Crippen molar-refractivity contribution in [3.05, 3.63) is 85.9 Å². The average molecular weight is 522 g/mol. The lowest BCUT2D eigenvalue weighted by Gasteiger charge is -2.18. The van der Waals surface area contributed by atoms with Crippen LogP contribution < -0.4 is 26.2 Å². The summed E-state index contributed by atoms with van der Waals surface area (Å²) in [5, 5.41) is 11.5. The molecule has 2 N–H and O–H groups in total. The molecule has 0 atom stereocenters. The Morgan fingerprint density at radius 2 is 1.89 bits per heavy atom. The summed E-state index contributed by atoms with van der Waals surface area (Å²) in [6.07, 6.45) is -5.83. The summed E-state index contributed by atoms with van der Waals surface area (Å²) in [5.74, 6) is -1.73. The van der Waals surface area contributed by atoms with Crippen molar-refractivity contribution in [2.45, 2.75) is 19.6 Å². The summed E-state index contributed by atoms with van der Waals surface area (Å²) in [6.45, 7) is 1.02. The molecule has 0 aliphatic carbocycles. The normalized spacial score (nSPS) is 13.5. The number of benzene rings is 2. The number of anilines is 1. The first-order valence-corrected chi connectivity index (χ1v) is 10.7. The molecule has 10 nitrogen and oxygen atoms in total. The monoisotopic (exact) mass is 522 g/mol. The van der Waals surface area contributed by atoms with Crippen molar-refractivity contribution in [3.8, 4) is 11.4 Å². The van der Waals surface area contributed by atoms with Gasteiger partial charge in [-0.2, -0.15) is 13.2 Å². The molecule has 0 unspecified atom stereocenters. The fraction of sp³-hybridized carbons (Fsp3) is 0.217. The summed E-state index contributed by atoms with van der Waals surface area (Å²) in [4.78, 5) is 50.2. The minimum absolute atomic E-state index is 0.0328. The van der Waals surface area contributed by atoms with Crippen molar-refractivity contribution >= 4 is 17.9 Å². The van der Waals surface area contributed by atoms with E-state index in [1.54, 1.807) is 0 Å². The van der Waals surface area contributed by atoms with Crippen molar-refractivity contribution in [1.82, 2.24) is 14.5 Å². The smallest absolute Gasteiger partial charge is 0.449 e. The number of nitrogens with one attached hydrogen (secondary N) is 1. The number of urea groups is 1. The number of alkyl halides is 3. The molecule has 2 amide bonds. The molecular weight excluding hydrogens is 504 g/mol. The van der Waals surface area contributed by atoms with Crippen LogP contribution in [0.3, 0.4) is 0 Å². The van der Waals surface area contributed by atoms with Gasteiger partial charge in [0, 0.05) is 19.2 Å². The minimum atomic E-state index is -4.69. The van der Waals surface area contributed by atoms with Crippen LogP contribution in [-0.2, 0) is 12.7 Å². The van der Waals surface area contributed by atoms with E-state index in [2.05, 4.69) is 10.1 Å². The number of rotatable bonds is 5. The van der Waals surface area contributed by atoms with Gasteiger partial charge >= 0.3 is 24.1 Å². The Kier molecular flexibility index (Phi) is 6.50. The summed E-state index contributed by atoms with van der Waals surface area (Å²) in [5.41, 5.74) is -3.79. The number of ether oxygens (including phenoxy) is 1. The summed E-state index contributed by atoms with van der Waals surface area (Å²) >= 11 is 0. The van der Waals surface area contributed by atoms with Gasteiger partial charge in [-0.15, -0.1) is 0 Å². The molecule has 1 aliphatic heterocycles. The van der Waals surface area contributed by atoms with Crippen LogP contribution in [0.4, 0.5) is 32.8 Å². The lowest BCUT2D eigenvalue weighted by molar-refractivity contribution is -0.138. The van der Waals surface area contributed by atoms with E-state index in [1.165, 1.54) is 25.1 Å². The van der Waals surface area contributed by atoms with E-state index in [4.69, 9.17) is 5.11 Å². The van der Waals surface area contributed by atoms with Gasteiger partial charge in [-0.1, -0.05) is 12.1 Å². The number of nitrogens with zero attached hydrogens (tertiary/aromatic N) is 3. The molecule has 1 aliphatic rings. The molecule has 1 saturated heterocycles. The Morgan fingerprint density at radius 1 is 1.16 bits per heavy atom. The number of amides is 2. The van der Waals surface area contributed by atoms with E-state index in [9.17, 15) is 36.7 Å². The van der Waals surface area contributed by atoms with Crippen molar-refractivity contribution in [2.24, 2.45) is 0 Å². The van der Waals surface area contributed by atoms with E-state index in [1.807, 2.05) is 0 Å². The first-order valence-electron chi connectivity index (χ1n) is 10.7. The molecule has 14 heteroatoms. The van der Waals surface area contributed by atoms with Crippen molar-refractivity contribution in [3.63, 3.8) is 0 Å². The van der Waals surface area contributed by atoms with Gasteiger partial charge in [-0.25, -0.2) is 18.8 Å². The lowest BCUT2D eigenvalue weighted by atomic mass is 10.0. The third kappa shape index (κ3) is 4.90. The number of carbonyl (C=O) groups excluding carboxylic acids is 1. The van der Waals surface area contributed by atoms with Crippen molar-refractivity contribution < 1.29 is 37.0 Å². The molecule has 0 radical (unpaired) electrons. The number of hydrogen-bond donors (Lipinski definition) is 2. The maximum atomic E-state index is 14.9. The number of hydrogen-bond acceptors (Lipinski definition) is 5. The van der Waals surface area contributed by atoms with Gasteiger partial charge in [0.1, 0.15) is 5.82 Å². The number of carbonyl (C=O) groups is 2. The highest BCUT2D eigenvalue weighted by atomic mass is 19.4. The Labute approximate surface area is 204 Å². The van der Waals surface area contributed by atoms with E-state index >= 15 is 0 Å². The van der Waals surface area contributed by atoms with E-state index in [-0.39, 0.29) is 29.0 Å². The Hall–Kier alpha value is -4.62. The van der Waals surface area contributed by atoms with Gasteiger partial charge in [0.05, 0.1) is 29.7 Å². The molecule has 2 heterocycles. The predicted molar refractivity (Wildman–Crippen MR) is 121 cm³/mol. The second-order valence-corrected chi connectivity index (χ2v) is 8.01. The van der Waals surface area contributed by atoms with Crippen molar-refractivity contribution in [1.29, 1.82) is 0 Å². The molecule has 37 heavy (non-hydrogen) atoms. The molecular formula is C23H18F4N4O6. The maximum Gasteiger partial charge on any atom is 0.511 e. The fourth-order valence-corrected chi connectivity index (χ4v) is 3.96. The molecule has 0 spiro atoms. The average Bonchev–Trinajstić information content (AvgIpc) is 3.24.